The maximum atomic E-state index is 13.7. The second kappa shape index (κ2) is 12.1. The summed E-state index contributed by atoms with van der Waals surface area (Å²) in [6.45, 7) is -1.51. The first kappa shape index (κ1) is 32.1. The Morgan fingerprint density at radius 1 is 1.00 bits per heavy atom. The smallest absolute Gasteiger partial charge is 0.389 e. The summed E-state index contributed by atoms with van der Waals surface area (Å²) < 4.78 is 48.5. The number of ether oxygens (including phenoxy) is 2. The molecule has 0 saturated carbocycles. The van der Waals surface area contributed by atoms with Gasteiger partial charge in [0.1, 0.15) is 54.6 Å². The minimum absolute atomic E-state index is 0.00403. The van der Waals surface area contributed by atoms with Crippen molar-refractivity contribution in [2.24, 2.45) is 5.73 Å². The molecule has 4 aromatic heterocycles. The summed E-state index contributed by atoms with van der Waals surface area (Å²) >= 11 is 0. The van der Waals surface area contributed by atoms with Gasteiger partial charge in [0.15, 0.2) is 35.0 Å². The van der Waals surface area contributed by atoms with Crippen molar-refractivity contribution < 1.29 is 57.6 Å². The molecule has 2 saturated heterocycles. The number of nitrogens with one attached hydrogen (secondary N) is 1. The molecular formula is C21H25N10O13P2+. The minimum Gasteiger partial charge on any atom is -0.389 e. The fourth-order valence-electron chi connectivity index (χ4n) is 5.30. The Hall–Kier alpha value is -3.86. The highest BCUT2D eigenvalue weighted by Gasteiger charge is 2.56. The number of hydrogen-bond acceptors (Lipinski definition) is 17. The van der Waals surface area contributed by atoms with Gasteiger partial charge in [-0.1, -0.05) is 0 Å². The van der Waals surface area contributed by atoms with Crippen LogP contribution in [0, 0.1) is 0 Å². The number of hydrogen-bond donors (Lipinski definition) is 8. The van der Waals surface area contributed by atoms with Crippen molar-refractivity contribution in [1.29, 1.82) is 0 Å². The van der Waals surface area contributed by atoms with Crippen molar-refractivity contribution in [2.75, 3.05) is 18.9 Å². The van der Waals surface area contributed by atoms with Crippen LogP contribution in [0.4, 0.5) is 5.95 Å². The summed E-state index contributed by atoms with van der Waals surface area (Å²) in [6.07, 6.45) is -7.81. The Bertz CT molecular complexity index is 1940. The topological polar surface area (TPSA) is 348 Å². The highest BCUT2D eigenvalue weighted by Crippen LogP contribution is 2.57. The molecule has 0 bridgehead atoms. The predicted molar refractivity (Wildman–Crippen MR) is 148 cm³/mol. The first-order valence-corrected chi connectivity index (χ1v) is 15.9. The number of amides is 1. The first-order chi connectivity index (χ1) is 21.8. The van der Waals surface area contributed by atoms with Gasteiger partial charge in [0, 0.05) is 4.57 Å². The van der Waals surface area contributed by atoms with Crippen molar-refractivity contribution in [2.45, 2.75) is 48.6 Å². The number of carbonyl (C=O) groups is 1. The van der Waals surface area contributed by atoms with Gasteiger partial charge in [-0.25, -0.2) is 19.9 Å². The Kier molecular flexibility index (Phi) is 8.41. The van der Waals surface area contributed by atoms with Crippen LogP contribution < -0.4 is 17.0 Å². The van der Waals surface area contributed by atoms with Gasteiger partial charge in [-0.2, -0.15) is 4.98 Å². The third-order valence-corrected chi connectivity index (χ3v) is 9.62. The second-order valence-corrected chi connectivity index (χ2v) is 12.9. The van der Waals surface area contributed by atoms with Crippen LogP contribution in [0.5, 0.6) is 0 Å². The highest BCUT2D eigenvalue weighted by atomic mass is 31.2. The molecule has 2 aliphatic rings. The van der Waals surface area contributed by atoms with E-state index in [-0.39, 0.29) is 34.0 Å². The number of rotatable bonds is 10. The monoisotopic (exact) mass is 687 g/mol. The number of H-pyrrole nitrogens is 1. The number of imidazole rings is 2. The van der Waals surface area contributed by atoms with E-state index in [1.807, 2.05) is 0 Å². The maximum Gasteiger partial charge on any atom is 0.694 e. The molecule has 46 heavy (non-hydrogen) atoms. The molecule has 246 valence electrons. The standard InChI is InChI=1S/C21H24N10O13P2/c22-15(35)8-9-16(25-3-24-8)30(4-26-9)19-13(34)11(32)7(43-19)2-42-46(39,40)14-12(33)6(1-41-45(37)38)44-20(14)31-5-27-10-17(31)28-21(23)29-18(10)36/h3-7,11-14,19-20,32-34H,1-2H2,(H6-,22,23,28,29,35,36,37,38,39,40)/p+1/t6-,7-,11-,12-,13-,14-,19-,20-/m1/s1. The summed E-state index contributed by atoms with van der Waals surface area (Å²) in [5.41, 5.74) is 7.80. The molecule has 0 aliphatic carbocycles. The molecule has 6 rings (SSSR count). The van der Waals surface area contributed by atoms with Gasteiger partial charge in [0.2, 0.25) is 5.95 Å². The second-order valence-electron chi connectivity index (χ2n) is 10.2. The van der Waals surface area contributed by atoms with E-state index in [1.165, 1.54) is 4.57 Å². The number of aliphatic hydroxyl groups excluding tert-OH is 3. The number of fused-ring (bicyclic) bond motifs is 2. The predicted octanol–water partition coefficient (Wildman–Crippen LogP) is -3.24. The molecule has 10 atom stereocenters. The van der Waals surface area contributed by atoms with Crippen LogP contribution in [0.3, 0.4) is 0 Å². The fraction of sp³-hybridized carbons (Fsp3) is 0.476. The van der Waals surface area contributed by atoms with Gasteiger partial charge in [-0.15, -0.1) is 9.42 Å². The summed E-state index contributed by atoms with van der Waals surface area (Å²) in [5.74, 6) is -1.21. The minimum atomic E-state index is -5.04. The number of nitrogens with two attached hydrogens (primary N) is 2. The molecular weight excluding hydrogens is 662 g/mol. The number of nitrogen functional groups attached to an aromatic ring is 1. The maximum absolute atomic E-state index is 13.7. The SMILES string of the molecule is NC(=O)c1ncnc2c1ncn2[C@@H]1O[C@H](COP(=O)(O)[C@@H]2[C@H](O)[C@@H](CO[P+](=O)O)O[C@H]2n2cnc3c(=O)[nH]c(N)nc32)[C@@H](O)[C@H]1O. The first-order valence-electron chi connectivity index (χ1n) is 13.1. The zero-order valence-corrected chi connectivity index (χ0v) is 24.7. The number of aliphatic hydroxyl groups is 3. The zero-order chi connectivity index (χ0) is 33.1. The lowest BCUT2D eigenvalue weighted by molar-refractivity contribution is -0.0494. The van der Waals surface area contributed by atoms with E-state index in [4.69, 9.17) is 30.4 Å². The lowest BCUT2D eigenvalue weighted by Gasteiger charge is -2.27. The molecule has 0 radical (unpaired) electrons. The van der Waals surface area contributed by atoms with E-state index in [9.17, 15) is 38.9 Å². The van der Waals surface area contributed by atoms with E-state index >= 15 is 0 Å². The van der Waals surface area contributed by atoms with Crippen molar-refractivity contribution in [3.63, 3.8) is 0 Å². The van der Waals surface area contributed by atoms with Crippen LogP contribution in [0.15, 0.2) is 23.8 Å². The van der Waals surface area contributed by atoms with Gasteiger partial charge in [-0.05, 0) is 0 Å². The number of anilines is 1. The third-order valence-electron chi connectivity index (χ3n) is 7.42. The molecule has 10 N–H and O–H groups in total. The quantitative estimate of drug-likeness (QED) is 0.0759. The number of nitrogens with zero attached hydrogens (tertiary/aromatic N) is 7. The van der Waals surface area contributed by atoms with Gasteiger partial charge >= 0.3 is 15.9 Å². The zero-order valence-electron chi connectivity index (χ0n) is 22.9. The lowest BCUT2D eigenvalue weighted by Crippen LogP contribution is -2.36. The molecule has 2 unspecified atom stereocenters. The average molecular weight is 687 g/mol. The Labute approximate surface area is 255 Å². The molecule has 6 heterocycles. The third kappa shape index (κ3) is 5.56. The van der Waals surface area contributed by atoms with Crippen LogP contribution in [-0.4, -0.2) is 119 Å². The summed E-state index contributed by atoms with van der Waals surface area (Å²) in [5, 5.41) is 32.5. The van der Waals surface area contributed by atoms with Crippen LogP contribution in [0.1, 0.15) is 22.9 Å². The van der Waals surface area contributed by atoms with Crippen molar-refractivity contribution >= 4 is 50.0 Å². The molecule has 23 nitrogen and oxygen atoms in total. The largest absolute Gasteiger partial charge is 0.694 e. The van der Waals surface area contributed by atoms with Crippen LogP contribution in [-0.2, 0) is 27.7 Å². The summed E-state index contributed by atoms with van der Waals surface area (Å²) in [7, 11) is -8.17. The number of carbonyl (C=O) groups excluding carboxylic acids is 1. The van der Waals surface area contributed by atoms with Crippen molar-refractivity contribution in [1.82, 2.24) is 39.0 Å². The van der Waals surface area contributed by atoms with E-state index < -0.39 is 89.2 Å². The normalized spacial score (nSPS) is 29.8. The summed E-state index contributed by atoms with van der Waals surface area (Å²) in [6, 6.07) is 0. The average Bonchev–Trinajstić information content (AvgIpc) is 3.75. The Balaban J connectivity index is 1.26. The molecule has 25 heteroatoms. The summed E-state index contributed by atoms with van der Waals surface area (Å²) in [4.78, 5) is 66.2. The van der Waals surface area contributed by atoms with E-state index in [2.05, 4.69) is 34.4 Å². The van der Waals surface area contributed by atoms with E-state index in [1.54, 1.807) is 0 Å². The lowest BCUT2D eigenvalue weighted by atomic mass is 10.1. The van der Waals surface area contributed by atoms with Crippen LogP contribution in [0.2, 0.25) is 0 Å². The Morgan fingerprint density at radius 2 is 1.65 bits per heavy atom. The van der Waals surface area contributed by atoms with Gasteiger partial charge in [0.05, 0.1) is 19.3 Å². The van der Waals surface area contributed by atoms with Crippen LogP contribution in [0.25, 0.3) is 22.3 Å². The van der Waals surface area contributed by atoms with E-state index in [0.29, 0.717) is 0 Å². The van der Waals surface area contributed by atoms with Crippen LogP contribution >= 0.6 is 15.9 Å². The van der Waals surface area contributed by atoms with Crippen molar-refractivity contribution in [3.05, 3.63) is 35.0 Å². The van der Waals surface area contributed by atoms with Gasteiger partial charge < -0.3 is 45.7 Å². The molecule has 4 aromatic rings. The fourth-order valence-corrected chi connectivity index (χ4v) is 7.22. The molecule has 2 aliphatic heterocycles. The van der Waals surface area contributed by atoms with Gasteiger partial charge in [-0.3, -0.25) is 28.3 Å². The number of aromatic nitrogens is 8. The number of primary amides is 1. The molecule has 0 spiro atoms. The van der Waals surface area contributed by atoms with E-state index in [0.717, 1.165) is 23.5 Å². The molecule has 2 fully saturated rings. The highest BCUT2D eigenvalue weighted by molar-refractivity contribution is 7.53. The molecule has 1 amide bonds. The molecule has 0 aromatic carbocycles. The van der Waals surface area contributed by atoms with Crippen molar-refractivity contribution in [3.8, 4) is 0 Å². The van der Waals surface area contributed by atoms with Gasteiger partial charge in [0.25, 0.3) is 11.5 Å². The number of aromatic amines is 1. The Morgan fingerprint density at radius 3 is 2.35 bits per heavy atom.